The maximum Gasteiger partial charge on any atom is 0.327 e. The predicted molar refractivity (Wildman–Crippen MR) is 43.7 cm³/mol. The Labute approximate surface area is 71.8 Å². The van der Waals surface area contributed by atoms with Crippen LogP contribution in [0, 0.1) is 0 Å². The van der Waals surface area contributed by atoms with Gasteiger partial charge in [-0.05, 0) is 19.9 Å². The second-order valence-electron chi connectivity index (χ2n) is 3.05. The average molecular weight is 173 g/mol. The van der Waals surface area contributed by atoms with Crippen LogP contribution in [0.25, 0.3) is 0 Å². The molecule has 70 valence electrons. The molecule has 0 atom stereocenters. The van der Waals surface area contributed by atoms with Crippen molar-refractivity contribution in [3.8, 4) is 0 Å². The summed E-state index contributed by atoms with van der Waals surface area (Å²) >= 11 is 0. The lowest BCUT2D eigenvalue weighted by atomic mass is 10.4. The largest absolute Gasteiger partial charge is 0.356 e. The van der Waals surface area contributed by atoms with Gasteiger partial charge in [0, 0.05) is 12.6 Å². The molecule has 5 nitrogen and oxygen atoms in total. The second-order valence-corrected chi connectivity index (χ2v) is 3.05. The van der Waals surface area contributed by atoms with Gasteiger partial charge in [-0.15, -0.1) is 0 Å². The van der Waals surface area contributed by atoms with E-state index in [1.807, 2.05) is 12.6 Å². The third-order valence-electron chi connectivity index (χ3n) is 2.01. The summed E-state index contributed by atoms with van der Waals surface area (Å²) in [5.41, 5.74) is 1.87. The Morgan fingerprint density at radius 1 is 1.75 bits per heavy atom. The molecule has 0 heterocycles. The molecule has 0 amide bonds. The molecule has 0 aromatic heterocycles. The molecule has 0 aliphatic heterocycles. The molecule has 0 radical (unpaired) electrons. The summed E-state index contributed by atoms with van der Waals surface area (Å²) in [6, 6.07) is 0.684. The lowest BCUT2D eigenvalue weighted by molar-refractivity contribution is -0.151. The fourth-order valence-corrected chi connectivity index (χ4v) is 1.08. The normalized spacial score (nSPS) is 16.6. The summed E-state index contributed by atoms with van der Waals surface area (Å²) in [5.74, 6) is 4.49. The minimum Gasteiger partial charge on any atom is -0.356 e. The van der Waals surface area contributed by atoms with Crippen molar-refractivity contribution in [2.75, 3.05) is 13.6 Å². The molecule has 0 bridgehead atoms. The molecule has 0 aromatic carbocycles. The highest BCUT2D eigenvalue weighted by Crippen LogP contribution is 2.25. The summed E-state index contributed by atoms with van der Waals surface area (Å²) in [7, 11) is 2.01. The molecule has 1 saturated carbocycles. The van der Waals surface area contributed by atoms with Gasteiger partial charge in [0.15, 0.2) is 0 Å². The summed E-state index contributed by atoms with van der Waals surface area (Å²) in [4.78, 5) is 17.3. The van der Waals surface area contributed by atoms with E-state index in [1.165, 1.54) is 12.8 Å². The Balaban J connectivity index is 2.03. The molecule has 1 aliphatic rings. The van der Waals surface area contributed by atoms with Gasteiger partial charge in [0.25, 0.3) is 0 Å². The van der Waals surface area contributed by atoms with E-state index in [9.17, 15) is 4.79 Å². The fourth-order valence-electron chi connectivity index (χ4n) is 1.08. The predicted octanol–water partition coefficient (Wildman–Crippen LogP) is -0.608. The zero-order chi connectivity index (χ0) is 8.97. The van der Waals surface area contributed by atoms with Crippen LogP contribution in [0.15, 0.2) is 0 Å². The standard InChI is InChI=1S/C7H15N3O2/c1-10(6-2-3-6)5-4-7(11)12-9-8/h6,9H,2-5,8H2,1H3. The van der Waals surface area contributed by atoms with Crippen molar-refractivity contribution in [2.24, 2.45) is 5.84 Å². The van der Waals surface area contributed by atoms with E-state index in [4.69, 9.17) is 5.84 Å². The van der Waals surface area contributed by atoms with Crippen molar-refractivity contribution in [3.05, 3.63) is 0 Å². The molecule has 1 fully saturated rings. The van der Waals surface area contributed by atoms with Crippen molar-refractivity contribution in [2.45, 2.75) is 25.3 Å². The minimum atomic E-state index is -0.315. The zero-order valence-electron chi connectivity index (χ0n) is 7.25. The van der Waals surface area contributed by atoms with Gasteiger partial charge in [-0.2, -0.15) is 0 Å². The number of hydrogen-bond acceptors (Lipinski definition) is 5. The number of nitrogens with zero attached hydrogens (tertiary/aromatic N) is 1. The first-order valence-electron chi connectivity index (χ1n) is 4.09. The van der Waals surface area contributed by atoms with Gasteiger partial charge in [-0.25, -0.2) is 5.84 Å². The molecule has 3 N–H and O–H groups in total. The molecule has 1 rings (SSSR count). The van der Waals surface area contributed by atoms with Gasteiger partial charge in [0.1, 0.15) is 0 Å². The second kappa shape index (κ2) is 4.39. The summed E-state index contributed by atoms with van der Waals surface area (Å²) in [5, 5.41) is 0. The summed E-state index contributed by atoms with van der Waals surface area (Å²) < 4.78 is 0. The van der Waals surface area contributed by atoms with Gasteiger partial charge in [-0.1, -0.05) is 5.59 Å². The van der Waals surface area contributed by atoms with Crippen molar-refractivity contribution < 1.29 is 9.63 Å². The van der Waals surface area contributed by atoms with Gasteiger partial charge in [0.2, 0.25) is 0 Å². The Kier molecular flexibility index (Phi) is 3.46. The van der Waals surface area contributed by atoms with Gasteiger partial charge in [0.05, 0.1) is 6.42 Å². The van der Waals surface area contributed by atoms with E-state index in [-0.39, 0.29) is 5.97 Å². The maximum atomic E-state index is 10.8. The van der Waals surface area contributed by atoms with Gasteiger partial charge < -0.3 is 9.74 Å². The lowest BCUT2D eigenvalue weighted by Crippen LogP contribution is -2.29. The van der Waals surface area contributed by atoms with Crippen molar-refractivity contribution >= 4 is 5.97 Å². The number of carbonyl (C=O) groups is 1. The van der Waals surface area contributed by atoms with E-state index in [1.54, 1.807) is 0 Å². The van der Waals surface area contributed by atoms with Crippen molar-refractivity contribution in [1.29, 1.82) is 0 Å². The Morgan fingerprint density at radius 3 is 2.92 bits per heavy atom. The highest BCUT2D eigenvalue weighted by molar-refractivity contribution is 5.69. The average Bonchev–Trinajstić information content (AvgIpc) is 2.83. The van der Waals surface area contributed by atoms with Crippen LogP contribution in [-0.2, 0) is 9.63 Å². The molecule has 0 spiro atoms. The van der Waals surface area contributed by atoms with Crippen LogP contribution in [0.2, 0.25) is 0 Å². The van der Waals surface area contributed by atoms with Gasteiger partial charge in [-0.3, -0.25) is 4.79 Å². The van der Waals surface area contributed by atoms with Crippen molar-refractivity contribution in [1.82, 2.24) is 10.5 Å². The van der Waals surface area contributed by atoms with E-state index >= 15 is 0 Å². The summed E-state index contributed by atoms with van der Waals surface area (Å²) in [6.45, 7) is 0.741. The van der Waals surface area contributed by atoms with E-state index in [2.05, 4.69) is 9.74 Å². The van der Waals surface area contributed by atoms with Crippen LogP contribution in [0.3, 0.4) is 0 Å². The third kappa shape index (κ3) is 3.17. The molecule has 0 saturated heterocycles. The monoisotopic (exact) mass is 173 g/mol. The quantitative estimate of drug-likeness (QED) is 0.429. The molecule has 0 aromatic rings. The first-order chi connectivity index (χ1) is 5.74. The zero-order valence-corrected chi connectivity index (χ0v) is 7.25. The van der Waals surface area contributed by atoms with Crippen LogP contribution in [0.4, 0.5) is 0 Å². The number of carbonyl (C=O) groups excluding carboxylic acids is 1. The first-order valence-corrected chi connectivity index (χ1v) is 4.09. The number of rotatable bonds is 5. The SMILES string of the molecule is CN(CCC(=O)ONN)C1CC1. The van der Waals surface area contributed by atoms with Gasteiger partial charge >= 0.3 is 5.97 Å². The van der Waals surface area contributed by atoms with Crippen LogP contribution in [0.1, 0.15) is 19.3 Å². The summed E-state index contributed by atoms with van der Waals surface area (Å²) in [6.07, 6.45) is 2.89. The highest BCUT2D eigenvalue weighted by Gasteiger charge is 2.26. The Hall–Kier alpha value is -0.650. The smallest absolute Gasteiger partial charge is 0.327 e. The number of nitrogens with one attached hydrogen (secondary N) is 1. The van der Waals surface area contributed by atoms with E-state index < -0.39 is 0 Å². The Morgan fingerprint density at radius 2 is 2.42 bits per heavy atom. The van der Waals surface area contributed by atoms with Crippen LogP contribution >= 0.6 is 0 Å². The maximum absolute atomic E-state index is 10.8. The molecular formula is C7H15N3O2. The van der Waals surface area contributed by atoms with Crippen LogP contribution in [0.5, 0.6) is 0 Å². The molecule has 12 heavy (non-hydrogen) atoms. The molecule has 5 heteroatoms. The minimum absolute atomic E-state index is 0.315. The van der Waals surface area contributed by atoms with Crippen molar-refractivity contribution in [3.63, 3.8) is 0 Å². The number of nitrogens with two attached hydrogens (primary N) is 1. The molecule has 0 unspecified atom stereocenters. The van der Waals surface area contributed by atoms with E-state index in [0.717, 1.165) is 6.54 Å². The highest BCUT2D eigenvalue weighted by atomic mass is 16.7. The molecule has 1 aliphatic carbocycles. The van der Waals surface area contributed by atoms with Crippen LogP contribution < -0.4 is 11.4 Å². The first kappa shape index (κ1) is 9.44. The fraction of sp³-hybridized carbons (Fsp3) is 0.857. The topological polar surface area (TPSA) is 67.6 Å². The third-order valence-corrected chi connectivity index (χ3v) is 2.01. The number of hydrogen-bond donors (Lipinski definition) is 2. The van der Waals surface area contributed by atoms with E-state index in [0.29, 0.717) is 12.5 Å². The Bertz CT molecular complexity index is 159. The molecular weight excluding hydrogens is 158 g/mol. The number of hydrazine groups is 1. The lowest BCUT2D eigenvalue weighted by Gasteiger charge is -2.13. The van der Waals surface area contributed by atoms with Crippen LogP contribution in [-0.4, -0.2) is 30.5 Å².